The van der Waals surface area contributed by atoms with Crippen molar-refractivity contribution in [1.29, 1.82) is 0 Å². The molecule has 0 radical (unpaired) electrons. The van der Waals surface area contributed by atoms with Gasteiger partial charge in [-0.1, -0.05) is 19.9 Å². The number of rotatable bonds is 9. The molecule has 1 heterocycles. The lowest BCUT2D eigenvalue weighted by molar-refractivity contribution is -0.948. The highest BCUT2D eigenvalue weighted by molar-refractivity contribution is 7.11. The third-order valence-electron chi connectivity index (χ3n) is 4.32. The largest absolute Gasteiger partial charge is 0.456 e. The molecular weight excluding hydrogens is 270 g/mol. The van der Waals surface area contributed by atoms with Crippen LogP contribution in [0.5, 0.6) is 0 Å². The summed E-state index contributed by atoms with van der Waals surface area (Å²) in [6.07, 6.45) is 2.32. The lowest BCUT2D eigenvalue weighted by Gasteiger charge is -2.42. The molecule has 1 rings (SSSR count). The van der Waals surface area contributed by atoms with E-state index in [2.05, 4.69) is 27.7 Å². The van der Waals surface area contributed by atoms with E-state index in [1.165, 1.54) is 11.3 Å². The molecule has 0 aliphatic rings. The van der Waals surface area contributed by atoms with Crippen LogP contribution in [0.3, 0.4) is 0 Å². The third-order valence-corrected chi connectivity index (χ3v) is 5.17. The quantitative estimate of drug-likeness (QED) is 0.510. The Hall–Kier alpha value is -0.870. The number of carbonyl (C=O) groups excluding carboxylic acids is 1. The molecule has 1 aromatic heterocycles. The zero-order valence-corrected chi connectivity index (χ0v) is 14.0. The first kappa shape index (κ1) is 17.2. The minimum atomic E-state index is -0.185. The number of esters is 1. The van der Waals surface area contributed by atoms with Gasteiger partial charge in [-0.2, -0.15) is 0 Å². The number of quaternary nitrogens is 1. The highest BCUT2D eigenvalue weighted by Gasteiger charge is 2.30. The minimum absolute atomic E-state index is 0.185. The molecule has 0 bridgehead atoms. The van der Waals surface area contributed by atoms with Gasteiger partial charge in [-0.3, -0.25) is 0 Å². The van der Waals surface area contributed by atoms with Crippen LogP contribution < -0.4 is 0 Å². The van der Waals surface area contributed by atoms with Crippen molar-refractivity contribution in [2.24, 2.45) is 0 Å². The van der Waals surface area contributed by atoms with Gasteiger partial charge in [-0.25, -0.2) is 4.79 Å². The number of hydrogen-bond acceptors (Lipinski definition) is 3. The molecule has 1 aromatic rings. The molecule has 0 fully saturated rings. The van der Waals surface area contributed by atoms with E-state index in [9.17, 15) is 4.79 Å². The first-order valence-corrected chi connectivity index (χ1v) is 8.54. The number of nitrogens with zero attached hydrogens (tertiary/aromatic N) is 1. The molecule has 114 valence electrons. The van der Waals surface area contributed by atoms with E-state index in [0.717, 1.165) is 37.0 Å². The highest BCUT2D eigenvalue weighted by atomic mass is 32.1. The number of likely N-dealkylation sites (N-methyl/N-ethyl adjacent to an activating group) is 1. The second-order valence-electron chi connectivity index (χ2n) is 5.35. The maximum Gasteiger partial charge on any atom is 0.348 e. The summed E-state index contributed by atoms with van der Waals surface area (Å²) in [7, 11) is 0. The predicted octanol–water partition coefficient (Wildman–Crippen LogP) is 3.95. The molecule has 2 atom stereocenters. The average molecular weight is 298 g/mol. The molecule has 0 saturated carbocycles. The Balaban J connectivity index is 2.56. The first-order chi connectivity index (χ1) is 9.59. The maximum atomic E-state index is 11.9. The summed E-state index contributed by atoms with van der Waals surface area (Å²) in [5, 5.41) is 1.90. The molecule has 0 spiro atoms. The zero-order chi connectivity index (χ0) is 15.0. The highest BCUT2D eigenvalue weighted by Crippen LogP contribution is 2.18. The van der Waals surface area contributed by atoms with Crippen molar-refractivity contribution in [2.45, 2.75) is 46.6 Å². The van der Waals surface area contributed by atoms with Crippen LogP contribution >= 0.6 is 11.3 Å². The van der Waals surface area contributed by atoms with E-state index < -0.39 is 0 Å². The van der Waals surface area contributed by atoms with E-state index >= 15 is 0 Å². The Bertz CT molecular complexity index is 391. The molecule has 0 aromatic carbocycles. The van der Waals surface area contributed by atoms with Gasteiger partial charge in [0.15, 0.2) is 0 Å². The Morgan fingerprint density at radius 1 is 1.35 bits per heavy atom. The van der Waals surface area contributed by atoms with Gasteiger partial charge >= 0.3 is 5.97 Å². The van der Waals surface area contributed by atoms with Gasteiger partial charge in [0, 0.05) is 0 Å². The predicted molar refractivity (Wildman–Crippen MR) is 85.2 cm³/mol. The second-order valence-corrected chi connectivity index (χ2v) is 6.30. The van der Waals surface area contributed by atoms with Crippen molar-refractivity contribution >= 4 is 17.3 Å². The van der Waals surface area contributed by atoms with E-state index in [4.69, 9.17) is 4.74 Å². The van der Waals surface area contributed by atoms with Crippen molar-refractivity contribution in [1.82, 2.24) is 0 Å². The molecule has 0 aliphatic heterocycles. The lowest BCUT2D eigenvalue weighted by Crippen LogP contribution is -2.56. The van der Waals surface area contributed by atoms with E-state index in [1.54, 1.807) is 0 Å². The van der Waals surface area contributed by atoms with Crippen molar-refractivity contribution in [3.8, 4) is 0 Å². The summed E-state index contributed by atoms with van der Waals surface area (Å²) < 4.78 is 6.49. The lowest BCUT2D eigenvalue weighted by atomic mass is 10.1. The standard InChI is InChI=1S/C16H28NO2S/c1-5-10-17(7-3,14(4)6-2)11-12-19-16(18)15-9-8-13-20-15/h8-9,13-14H,5-7,10-12H2,1-4H3/q+1. The molecular formula is C16H28NO2S+. The Labute approximate surface area is 127 Å². The fraction of sp³-hybridized carbons (Fsp3) is 0.688. The van der Waals surface area contributed by atoms with E-state index in [-0.39, 0.29) is 5.97 Å². The van der Waals surface area contributed by atoms with Crippen molar-refractivity contribution in [3.05, 3.63) is 22.4 Å². The summed E-state index contributed by atoms with van der Waals surface area (Å²) in [6.45, 7) is 12.7. The van der Waals surface area contributed by atoms with Crippen LogP contribution in [0.1, 0.15) is 50.2 Å². The average Bonchev–Trinajstić information content (AvgIpc) is 2.99. The Kier molecular flexibility index (Phi) is 7.24. The van der Waals surface area contributed by atoms with Gasteiger partial charge in [-0.15, -0.1) is 11.3 Å². The normalized spacial score (nSPS) is 15.6. The fourth-order valence-corrected chi connectivity index (χ4v) is 3.42. The second kappa shape index (κ2) is 8.42. The van der Waals surface area contributed by atoms with Crippen LogP contribution in [0.4, 0.5) is 0 Å². The maximum absolute atomic E-state index is 11.9. The van der Waals surface area contributed by atoms with Gasteiger partial charge in [0.2, 0.25) is 0 Å². The van der Waals surface area contributed by atoms with Crippen LogP contribution in [0.15, 0.2) is 17.5 Å². The van der Waals surface area contributed by atoms with Gasteiger partial charge in [0.1, 0.15) is 18.0 Å². The molecule has 0 amide bonds. The smallest absolute Gasteiger partial charge is 0.348 e. The summed E-state index contributed by atoms with van der Waals surface area (Å²) in [5.41, 5.74) is 0. The Morgan fingerprint density at radius 2 is 2.10 bits per heavy atom. The van der Waals surface area contributed by atoms with Crippen LogP contribution in [-0.2, 0) is 4.74 Å². The third kappa shape index (κ3) is 4.32. The molecule has 2 unspecified atom stereocenters. The van der Waals surface area contributed by atoms with Gasteiger partial charge in [-0.05, 0) is 38.1 Å². The van der Waals surface area contributed by atoms with Gasteiger partial charge in [0.25, 0.3) is 0 Å². The van der Waals surface area contributed by atoms with Crippen LogP contribution in [0.2, 0.25) is 0 Å². The van der Waals surface area contributed by atoms with E-state index in [1.807, 2.05) is 17.5 Å². The fourth-order valence-electron chi connectivity index (χ4n) is 2.80. The van der Waals surface area contributed by atoms with Crippen molar-refractivity contribution < 1.29 is 14.0 Å². The van der Waals surface area contributed by atoms with Crippen LogP contribution in [-0.4, -0.2) is 42.7 Å². The number of hydrogen-bond donors (Lipinski definition) is 0. The summed E-state index contributed by atoms with van der Waals surface area (Å²) in [6, 6.07) is 4.31. The molecule has 0 aliphatic carbocycles. The number of ether oxygens (including phenoxy) is 1. The summed E-state index contributed by atoms with van der Waals surface area (Å²) in [5.74, 6) is -0.185. The first-order valence-electron chi connectivity index (χ1n) is 7.66. The zero-order valence-electron chi connectivity index (χ0n) is 13.2. The van der Waals surface area contributed by atoms with Crippen LogP contribution in [0, 0.1) is 0 Å². The summed E-state index contributed by atoms with van der Waals surface area (Å²) in [4.78, 5) is 12.6. The van der Waals surface area contributed by atoms with E-state index in [0.29, 0.717) is 17.5 Å². The number of carbonyl (C=O) groups is 1. The number of thiophene rings is 1. The van der Waals surface area contributed by atoms with Gasteiger partial charge < -0.3 is 9.22 Å². The topological polar surface area (TPSA) is 26.3 Å². The minimum Gasteiger partial charge on any atom is -0.456 e. The summed E-state index contributed by atoms with van der Waals surface area (Å²) >= 11 is 1.44. The SMILES string of the molecule is CCC[N+](CC)(CCOC(=O)c1cccs1)C(C)CC. The van der Waals surface area contributed by atoms with Crippen molar-refractivity contribution in [2.75, 3.05) is 26.2 Å². The monoisotopic (exact) mass is 298 g/mol. The molecule has 4 heteroatoms. The molecule has 20 heavy (non-hydrogen) atoms. The molecule has 0 saturated heterocycles. The molecule has 0 N–H and O–H groups in total. The molecule has 3 nitrogen and oxygen atoms in total. The van der Waals surface area contributed by atoms with Crippen molar-refractivity contribution in [3.63, 3.8) is 0 Å². The van der Waals surface area contributed by atoms with Crippen LogP contribution in [0.25, 0.3) is 0 Å². The van der Waals surface area contributed by atoms with Gasteiger partial charge in [0.05, 0.1) is 19.1 Å². The Morgan fingerprint density at radius 3 is 2.60 bits per heavy atom.